The summed E-state index contributed by atoms with van der Waals surface area (Å²) in [7, 11) is 2.15. The largest absolute Gasteiger partial charge is 0.397 e. The Morgan fingerprint density at radius 2 is 1.97 bits per heavy atom. The van der Waals surface area contributed by atoms with Crippen molar-refractivity contribution in [3.05, 3.63) is 68.8 Å². The molecule has 1 aliphatic rings. The Kier molecular flexibility index (Phi) is 5.87. The Balaban J connectivity index is 1.73. The molecule has 0 atom stereocenters. The number of aromatic nitrogens is 4. The van der Waals surface area contributed by atoms with Crippen LogP contribution in [0.25, 0.3) is 17.4 Å². The van der Waals surface area contributed by atoms with E-state index in [2.05, 4.69) is 28.0 Å². The summed E-state index contributed by atoms with van der Waals surface area (Å²) < 4.78 is 1.66. The first kappa shape index (κ1) is 21.2. The maximum Gasteiger partial charge on any atom is 0.258 e. The Bertz CT molecular complexity index is 1200. The molecule has 0 amide bonds. The van der Waals surface area contributed by atoms with E-state index in [0.717, 1.165) is 49.3 Å². The van der Waals surface area contributed by atoms with E-state index in [4.69, 9.17) is 10.7 Å². The molecule has 4 rings (SSSR count). The third-order valence-electron chi connectivity index (χ3n) is 6.08. The van der Waals surface area contributed by atoms with Crippen LogP contribution in [0, 0.1) is 13.8 Å². The highest BCUT2D eigenvalue weighted by atomic mass is 16.1. The molecule has 0 saturated carbocycles. The number of fused-ring (bicyclic) bond motifs is 1. The van der Waals surface area contributed by atoms with E-state index < -0.39 is 0 Å². The van der Waals surface area contributed by atoms with E-state index in [0.29, 0.717) is 28.6 Å². The molecule has 3 aromatic heterocycles. The van der Waals surface area contributed by atoms with Gasteiger partial charge in [-0.15, -0.1) is 0 Å². The smallest absolute Gasteiger partial charge is 0.258 e. The lowest BCUT2D eigenvalue weighted by molar-refractivity contribution is 0.255. The van der Waals surface area contributed by atoms with Crippen LogP contribution in [0.4, 0.5) is 0 Å². The molecule has 0 bridgehead atoms. The van der Waals surface area contributed by atoms with Crippen molar-refractivity contribution in [1.29, 1.82) is 0 Å². The van der Waals surface area contributed by atoms with Crippen LogP contribution in [-0.4, -0.2) is 44.4 Å². The second kappa shape index (κ2) is 8.59. The van der Waals surface area contributed by atoms with Crippen LogP contribution in [0.5, 0.6) is 0 Å². The molecule has 0 aromatic carbocycles. The number of rotatable bonds is 4. The van der Waals surface area contributed by atoms with Crippen LogP contribution in [0.3, 0.4) is 0 Å². The van der Waals surface area contributed by atoms with E-state index in [1.807, 2.05) is 27.0 Å². The Labute approximate surface area is 182 Å². The number of hydrogen-bond acceptors (Lipinski definition) is 6. The van der Waals surface area contributed by atoms with Crippen LogP contribution in [0.2, 0.25) is 0 Å². The molecule has 1 aliphatic heterocycles. The fourth-order valence-corrected chi connectivity index (χ4v) is 4.25. The van der Waals surface area contributed by atoms with Gasteiger partial charge in [0.25, 0.3) is 5.56 Å². The van der Waals surface area contributed by atoms with Gasteiger partial charge in [-0.3, -0.25) is 19.2 Å². The highest BCUT2D eigenvalue weighted by Crippen LogP contribution is 2.28. The zero-order valence-corrected chi connectivity index (χ0v) is 18.7. The fourth-order valence-electron chi connectivity index (χ4n) is 4.25. The molecule has 31 heavy (non-hydrogen) atoms. The number of nitrogens with two attached hydrogens (primary N) is 1. The summed E-state index contributed by atoms with van der Waals surface area (Å²) >= 11 is 0. The van der Waals surface area contributed by atoms with Crippen LogP contribution < -0.4 is 11.3 Å². The van der Waals surface area contributed by atoms with Gasteiger partial charge in [0.05, 0.1) is 28.5 Å². The molecule has 4 heterocycles. The first-order valence-corrected chi connectivity index (χ1v) is 10.9. The molecule has 1 fully saturated rings. The SMILES string of the molecule is CCc1nc(C)cnc1/C=C(\N)c1cc(=O)n2cc(C3CCN(C)CC3)cc(C)c2n1. The molecule has 162 valence electrons. The minimum Gasteiger partial charge on any atom is -0.397 e. The minimum absolute atomic E-state index is 0.125. The van der Waals surface area contributed by atoms with Crippen molar-refractivity contribution in [3.63, 3.8) is 0 Å². The third kappa shape index (κ3) is 4.37. The van der Waals surface area contributed by atoms with Crippen LogP contribution in [0.15, 0.2) is 29.3 Å². The molecule has 7 heteroatoms. The normalized spacial score (nSPS) is 16.2. The van der Waals surface area contributed by atoms with Crippen molar-refractivity contribution in [2.24, 2.45) is 5.73 Å². The fraction of sp³-hybridized carbons (Fsp3) is 0.417. The molecule has 1 saturated heterocycles. The highest BCUT2D eigenvalue weighted by molar-refractivity contribution is 5.78. The standard InChI is InChI=1S/C24H30N6O/c1-5-20-22(26-13-16(3)27-20)11-19(25)21-12-23(31)30-14-18(10-15(2)24(30)28-21)17-6-8-29(4)9-7-17/h10-14,17H,5-9,25H2,1-4H3/b19-11-. The first-order chi connectivity index (χ1) is 14.9. The van der Waals surface area contributed by atoms with Crippen molar-refractivity contribution in [1.82, 2.24) is 24.3 Å². The van der Waals surface area contributed by atoms with Gasteiger partial charge in [0.1, 0.15) is 5.65 Å². The number of hydrogen-bond donors (Lipinski definition) is 1. The molecule has 0 spiro atoms. The van der Waals surface area contributed by atoms with Crippen molar-refractivity contribution >= 4 is 17.4 Å². The summed E-state index contributed by atoms with van der Waals surface area (Å²) in [5.74, 6) is 0.475. The number of pyridine rings is 1. The molecule has 0 radical (unpaired) electrons. The maximum atomic E-state index is 13.0. The van der Waals surface area contributed by atoms with Gasteiger partial charge in [-0.25, -0.2) is 4.98 Å². The summed E-state index contributed by atoms with van der Waals surface area (Å²) in [6, 6.07) is 3.67. The number of likely N-dealkylation sites (tertiary alicyclic amines) is 1. The van der Waals surface area contributed by atoms with Gasteiger partial charge in [0.15, 0.2) is 0 Å². The van der Waals surface area contributed by atoms with Crippen molar-refractivity contribution in [2.75, 3.05) is 20.1 Å². The Morgan fingerprint density at radius 3 is 2.68 bits per heavy atom. The van der Waals surface area contributed by atoms with Gasteiger partial charge in [-0.1, -0.05) is 13.0 Å². The van der Waals surface area contributed by atoms with Crippen LogP contribution in [-0.2, 0) is 6.42 Å². The molecule has 0 aliphatic carbocycles. The lowest BCUT2D eigenvalue weighted by atomic mass is 9.90. The van der Waals surface area contributed by atoms with Crippen molar-refractivity contribution < 1.29 is 0 Å². The molecule has 2 N–H and O–H groups in total. The molecule has 0 unspecified atom stereocenters. The van der Waals surface area contributed by atoms with Crippen molar-refractivity contribution in [2.45, 2.75) is 46.0 Å². The Morgan fingerprint density at radius 1 is 1.23 bits per heavy atom. The molecular formula is C24H30N6O. The van der Waals surface area contributed by atoms with E-state index >= 15 is 0 Å². The average Bonchev–Trinajstić information content (AvgIpc) is 2.75. The number of piperidine rings is 1. The lowest BCUT2D eigenvalue weighted by Gasteiger charge is -2.29. The zero-order chi connectivity index (χ0) is 22.1. The van der Waals surface area contributed by atoms with Crippen LogP contribution in [0.1, 0.15) is 59.6 Å². The second-order valence-electron chi connectivity index (χ2n) is 8.50. The topological polar surface area (TPSA) is 89.4 Å². The lowest BCUT2D eigenvalue weighted by Crippen LogP contribution is -2.29. The van der Waals surface area contributed by atoms with E-state index in [-0.39, 0.29) is 5.56 Å². The Hall–Kier alpha value is -3.06. The molecule has 7 nitrogen and oxygen atoms in total. The van der Waals surface area contributed by atoms with Gasteiger partial charge in [-0.05, 0) is 76.4 Å². The quantitative estimate of drug-likeness (QED) is 0.701. The van der Waals surface area contributed by atoms with Gasteiger partial charge in [0.2, 0.25) is 0 Å². The summed E-state index contributed by atoms with van der Waals surface area (Å²) in [4.78, 5) is 29.0. The number of nitrogens with zero attached hydrogens (tertiary/aromatic N) is 5. The average molecular weight is 419 g/mol. The molecule has 3 aromatic rings. The van der Waals surface area contributed by atoms with Gasteiger partial charge in [0, 0.05) is 18.5 Å². The van der Waals surface area contributed by atoms with Gasteiger partial charge >= 0.3 is 0 Å². The summed E-state index contributed by atoms with van der Waals surface area (Å²) in [5, 5.41) is 0. The predicted octanol–water partition coefficient (Wildman–Crippen LogP) is 2.93. The summed E-state index contributed by atoms with van der Waals surface area (Å²) in [6.07, 6.45) is 8.39. The van der Waals surface area contributed by atoms with E-state index in [1.165, 1.54) is 11.6 Å². The third-order valence-corrected chi connectivity index (χ3v) is 6.08. The summed E-state index contributed by atoms with van der Waals surface area (Å²) in [6.45, 7) is 8.11. The first-order valence-electron chi connectivity index (χ1n) is 10.9. The highest BCUT2D eigenvalue weighted by Gasteiger charge is 2.20. The van der Waals surface area contributed by atoms with E-state index in [1.54, 1.807) is 16.7 Å². The minimum atomic E-state index is -0.125. The van der Waals surface area contributed by atoms with E-state index in [9.17, 15) is 4.79 Å². The summed E-state index contributed by atoms with van der Waals surface area (Å²) in [5.41, 5.74) is 12.4. The zero-order valence-electron chi connectivity index (χ0n) is 18.7. The van der Waals surface area contributed by atoms with Gasteiger partial charge < -0.3 is 10.6 Å². The van der Waals surface area contributed by atoms with Crippen LogP contribution >= 0.6 is 0 Å². The van der Waals surface area contributed by atoms with Gasteiger partial charge in [-0.2, -0.15) is 0 Å². The second-order valence-corrected chi connectivity index (χ2v) is 8.50. The maximum absolute atomic E-state index is 13.0. The number of aryl methyl sites for hydroxylation is 3. The molecular weight excluding hydrogens is 388 g/mol. The monoisotopic (exact) mass is 418 g/mol. The predicted molar refractivity (Wildman–Crippen MR) is 124 cm³/mol. The van der Waals surface area contributed by atoms with Crippen molar-refractivity contribution in [3.8, 4) is 0 Å².